The molecule has 1 saturated carbocycles. The van der Waals surface area contributed by atoms with Gasteiger partial charge in [0.05, 0.1) is 0 Å². The molecule has 0 aliphatic heterocycles. The van der Waals surface area contributed by atoms with Crippen molar-refractivity contribution in [2.24, 2.45) is 5.92 Å². The average Bonchev–Trinajstić information content (AvgIpc) is 2.87. The number of hydrogen-bond donors (Lipinski definition) is 0. The molecule has 0 radical (unpaired) electrons. The first kappa shape index (κ1) is 9.76. The summed E-state index contributed by atoms with van der Waals surface area (Å²) < 4.78 is 0. The molecule has 0 spiro atoms. The van der Waals surface area contributed by atoms with Crippen LogP contribution in [0.25, 0.3) is 0 Å². The zero-order valence-electron chi connectivity index (χ0n) is 7.93. The maximum atomic E-state index is 9.99. The quantitative estimate of drug-likeness (QED) is 0.401. The number of hydrogen-bond acceptors (Lipinski definition) is 1. The van der Waals surface area contributed by atoms with E-state index in [4.69, 9.17) is 0 Å². The molecule has 1 rings (SSSR count). The highest BCUT2D eigenvalue weighted by Crippen LogP contribution is 2.34. The van der Waals surface area contributed by atoms with Crippen LogP contribution in [0.1, 0.15) is 57.8 Å². The topological polar surface area (TPSA) is 17.1 Å². The Morgan fingerprint density at radius 1 is 1.00 bits per heavy atom. The van der Waals surface area contributed by atoms with Gasteiger partial charge in [0, 0.05) is 6.42 Å². The molecule has 1 aliphatic rings. The zero-order valence-corrected chi connectivity index (χ0v) is 7.93. The summed E-state index contributed by atoms with van der Waals surface area (Å²) in [5, 5.41) is 0. The lowest BCUT2D eigenvalue weighted by Crippen LogP contribution is -1.82. The molecule has 0 N–H and O–H groups in total. The van der Waals surface area contributed by atoms with Crippen LogP contribution in [-0.4, -0.2) is 6.29 Å². The van der Waals surface area contributed by atoms with E-state index in [0.29, 0.717) is 0 Å². The molecule has 0 aromatic carbocycles. The molecule has 1 aliphatic carbocycles. The zero-order chi connectivity index (χ0) is 8.65. The standard InChI is InChI=1S/C11H20O/c12-10-6-4-2-1-3-5-7-11-8-9-11/h10-11H,1-9H2. The summed E-state index contributed by atoms with van der Waals surface area (Å²) in [5.74, 6) is 1.10. The molecule has 0 bridgehead atoms. The minimum Gasteiger partial charge on any atom is -0.303 e. The fourth-order valence-corrected chi connectivity index (χ4v) is 1.60. The second kappa shape index (κ2) is 6.22. The SMILES string of the molecule is O=CCCCCCCCC1CC1. The van der Waals surface area contributed by atoms with Gasteiger partial charge in [-0.3, -0.25) is 0 Å². The van der Waals surface area contributed by atoms with Gasteiger partial charge in [-0.1, -0.05) is 44.9 Å². The molecule has 0 saturated heterocycles. The van der Waals surface area contributed by atoms with Gasteiger partial charge in [0.25, 0.3) is 0 Å². The van der Waals surface area contributed by atoms with Crippen LogP contribution in [0.4, 0.5) is 0 Å². The van der Waals surface area contributed by atoms with Gasteiger partial charge in [-0.15, -0.1) is 0 Å². The maximum Gasteiger partial charge on any atom is 0.119 e. The molecule has 12 heavy (non-hydrogen) atoms. The van der Waals surface area contributed by atoms with Crippen LogP contribution in [0, 0.1) is 5.92 Å². The second-order valence-corrected chi connectivity index (χ2v) is 3.96. The van der Waals surface area contributed by atoms with E-state index in [0.717, 1.165) is 25.0 Å². The minimum atomic E-state index is 0.766. The van der Waals surface area contributed by atoms with Gasteiger partial charge in [0.2, 0.25) is 0 Å². The van der Waals surface area contributed by atoms with Crippen molar-refractivity contribution < 1.29 is 4.79 Å². The van der Waals surface area contributed by atoms with E-state index >= 15 is 0 Å². The Balaban J connectivity index is 1.67. The van der Waals surface area contributed by atoms with E-state index in [-0.39, 0.29) is 0 Å². The predicted octanol–water partition coefficient (Wildman–Crippen LogP) is 3.33. The van der Waals surface area contributed by atoms with E-state index in [2.05, 4.69) is 0 Å². The van der Waals surface area contributed by atoms with Crippen molar-refractivity contribution in [1.82, 2.24) is 0 Å². The third-order valence-corrected chi connectivity index (χ3v) is 2.63. The summed E-state index contributed by atoms with van der Waals surface area (Å²) in [7, 11) is 0. The van der Waals surface area contributed by atoms with E-state index < -0.39 is 0 Å². The fraction of sp³-hybridized carbons (Fsp3) is 0.909. The van der Waals surface area contributed by atoms with Crippen molar-refractivity contribution in [1.29, 1.82) is 0 Å². The molecule has 1 heteroatoms. The molecule has 0 aromatic rings. The number of aldehydes is 1. The maximum absolute atomic E-state index is 9.99. The second-order valence-electron chi connectivity index (χ2n) is 3.96. The molecule has 0 heterocycles. The van der Waals surface area contributed by atoms with Gasteiger partial charge in [-0.2, -0.15) is 0 Å². The van der Waals surface area contributed by atoms with Gasteiger partial charge in [-0.05, 0) is 12.3 Å². The summed E-state index contributed by atoms with van der Waals surface area (Å²) in [6, 6.07) is 0. The van der Waals surface area contributed by atoms with Gasteiger partial charge >= 0.3 is 0 Å². The van der Waals surface area contributed by atoms with Crippen molar-refractivity contribution in [2.75, 3.05) is 0 Å². The summed E-state index contributed by atoms with van der Waals surface area (Å²) in [4.78, 5) is 9.99. The number of unbranched alkanes of at least 4 members (excludes halogenated alkanes) is 5. The first-order valence-corrected chi connectivity index (χ1v) is 5.37. The van der Waals surface area contributed by atoms with Crippen LogP contribution < -0.4 is 0 Å². The van der Waals surface area contributed by atoms with Crippen LogP contribution >= 0.6 is 0 Å². The first-order valence-electron chi connectivity index (χ1n) is 5.37. The summed E-state index contributed by atoms with van der Waals surface area (Å²) in [6.07, 6.45) is 12.7. The number of carbonyl (C=O) groups excluding carboxylic acids is 1. The highest BCUT2D eigenvalue weighted by atomic mass is 16.1. The van der Waals surface area contributed by atoms with Crippen molar-refractivity contribution in [3.63, 3.8) is 0 Å². The van der Waals surface area contributed by atoms with Gasteiger partial charge in [0.15, 0.2) is 0 Å². The van der Waals surface area contributed by atoms with Crippen molar-refractivity contribution >= 4 is 6.29 Å². The molecule has 0 aromatic heterocycles. The van der Waals surface area contributed by atoms with Crippen LogP contribution in [0.15, 0.2) is 0 Å². The van der Waals surface area contributed by atoms with Gasteiger partial charge in [0.1, 0.15) is 6.29 Å². The molecule has 0 atom stereocenters. The molecule has 1 fully saturated rings. The molecule has 70 valence electrons. The molecule has 0 amide bonds. The highest BCUT2D eigenvalue weighted by molar-refractivity contribution is 5.48. The van der Waals surface area contributed by atoms with Gasteiger partial charge < -0.3 is 4.79 Å². The monoisotopic (exact) mass is 168 g/mol. The van der Waals surface area contributed by atoms with Crippen LogP contribution in [0.2, 0.25) is 0 Å². The fourth-order valence-electron chi connectivity index (χ4n) is 1.60. The Morgan fingerprint density at radius 2 is 1.67 bits per heavy atom. The van der Waals surface area contributed by atoms with E-state index in [1.165, 1.54) is 44.9 Å². The third-order valence-electron chi connectivity index (χ3n) is 2.63. The first-order chi connectivity index (χ1) is 5.93. The molecule has 1 nitrogen and oxygen atoms in total. The highest BCUT2D eigenvalue weighted by Gasteiger charge is 2.19. The molecular formula is C11H20O. The smallest absolute Gasteiger partial charge is 0.119 e. The predicted molar refractivity (Wildman–Crippen MR) is 51.1 cm³/mol. The van der Waals surface area contributed by atoms with E-state index in [1.807, 2.05) is 0 Å². The Morgan fingerprint density at radius 3 is 2.33 bits per heavy atom. The lowest BCUT2D eigenvalue weighted by molar-refractivity contribution is -0.107. The Kier molecular flexibility index (Phi) is 5.05. The van der Waals surface area contributed by atoms with Crippen molar-refractivity contribution in [3.05, 3.63) is 0 Å². The Labute approximate surface area is 75.5 Å². The largest absolute Gasteiger partial charge is 0.303 e. The Bertz CT molecular complexity index is 116. The van der Waals surface area contributed by atoms with Crippen LogP contribution in [0.3, 0.4) is 0 Å². The average molecular weight is 168 g/mol. The molecule has 0 unspecified atom stereocenters. The van der Waals surface area contributed by atoms with Crippen LogP contribution in [-0.2, 0) is 4.79 Å². The summed E-state index contributed by atoms with van der Waals surface area (Å²) >= 11 is 0. The minimum absolute atomic E-state index is 0.766. The molecular weight excluding hydrogens is 148 g/mol. The lowest BCUT2D eigenvalue weighted by Gasteiger charge is -1.98. The van der Waals surface area contributed by atoms with Crippen LogP contribution in [0.5, 0.6) is 0 Å². The summed E-state index contributed by atoms with van der Waals surface area (Å²) in [6.45, 7) is 0. The number of carbonyl (C=O) groups is 1. The van der Waals surface area contributed by atoms with Gasteiger partial charge in [-0.25, -0.2) is 0 Å². The summed E-state index contributed by atoms with van der Waals surface area (Å²) in [5.41, 5.74) is 0. The van der Waals surface area contributed by atoms with E-state index in [9.17, 15) is 4.79 Å². The number of rotatable bonds is 8. The lowest BCUT2D eigenvalue weighted by atomic mass is 10.1. The van der Waals surface area contributed by atoms with Crippen molar-refractivity contribution in [3.8, 4) is 0 Å². The normalized spacial score (nSPS) is 16.3. The van der Waals surface area contributed by atoms with E-state index in [1.54, 1.807) is 0 Å². The third kappa shape index (κ3) is 5.34. The Hall–Kier alpha value is -0.330. The van der Waals surface area contributed by atoms with Crippen molar-refractivity contribution in [2.45, 2.75) is 57.8 Å².